The molecule has 0 amide bonds. The van der Waals surface area contributed by atoms with E-state index in [2.05, 4.69) is 19.1 Å². The molecule has 0 aliphatic heterocycles. The zero-order valence-corrected chi connectivity index (χ0v) is 9.83. The third-order valence-corrected chi connectivity index (χ3v) is 3.75. The zero-order valence-electron chi connectivity index (χ0n) is 9.01. The molecule has 1 N–H and O–H groups in total. The molecule has 3 heteroatoms. The highest BCUT2D eigenvalue weighted by atomic mass is 32.2. The lowest BCUT2D eigenvalue weighted by Gasteiger charge is -2.13. The van der Waals surface area contributed by atoms with E-state index < -0.39 is 5.97 Å². The summed E-state index contributed by atoms with van der Waals surface area (Å²) in [7, 11) is 0. The third kappa shape index (κ3) is 3.96. The molecule has 0 fully saturated rings. The molecule has 1 rings (SSSR count). The van der Waals surface area contributed by atoms with Gasteiger partial charge in [0.05, 0.1) is 5.92 Å². The summed E-state index contributed by atoms with van der Waals surface area (Å²) >= 11 is 1.69. The fourth-order valence-corrected chi connectivity index (χ4v) is 2.25. The number of carbonyl (C=O) groups is 1. The first-order valence-corrected chi connectivity index (χ1v) is 6.05. The van der Waals surface area contributed by atoms with Crippen LogP contribution in [0.3, 0.4) is 0 Å². The lowest BCUT2D eigenvalue weighted by Crippen LogP contribution is -2.12. The fourth-order valence-electron chi connectivity index (χ4n) is 1.18. The molecule has 2 unspecified atom stereocenters. The average molecular weight is 224 g/mol. The van der Waals surface area contributed by atoms with Gasteiger partial charge < -0.3 is 5.11 Å². The van der Waals surface area contributed by atoms with E-state index in [1.807, 2.05) is 18.2 Å². The molecular weight excluding hydrogens is 208 g/mol. The van der Waals surface area contributed by atoms with Gasteiger partial charge in [0.2, 0.25) is 0 Å². The van der Waals surface area contributed by atoms with Crippen LogP contribution in [-0.4, -0.2) is 16.8 Å². The summed E-state index contributed by atoms with van der Waals surface area (Å²) in [6.45, 7) is 3.85. The predicted octanol–water partition coefficient (Wildman–Crippen LogP) is 3.20. The topological polar surface area (TPSA) is 37.3 Å². The van der Waals surface area contributed by atoms with Crippen molar-refractivity contribution in [2.24, 2.45) is 5.92 Å². The fraction of sp³-hybridized carbons (Fsp3) is 0.417. The Morgan fingerprint density at radius 2 is 1.93 bits per heavy atom. The third-order valence-electron chi connectivity index (χ3n) is 2.29. The van der Waals surface area contributed by atoms with Gasteiger partial charge in [-0.1, -0.05) is 37.3 Å². The maximum Gasteiger partial charge on any atom is 0.307 e. The second-order valence-electron chi connectivity index (χ2n) is 3.63. The summed E-state index contributed by atoms with van der Waals surface area (Å²) in [5.41, 5.74) is 1.25. The molecule has 2 nitrogen and oxygen atoms in total. The van der Waals surface area contributed by atoms with Gasteiger partial charge in [-0.05, 0) is 12.5 Å². The Morgan fingerprint density at radius 3 is 2.47 bits per heavy atom. The van der Waals surface area contributed by atoms with E-state index in [0.717, 1.165) is 0 Å². The van der Waals surface area contributed by atoms with Gasteiger partial charge in [-0.25, -0.2) is 0 Å². The average Bonchev–Trinajstić information content (AvgIpc) is 2.26. The Balaban J connectivity index is 2.43. The van der Waals surface area contributed by atoms with E-state index >= 15 is 0 Å². The molecular formula is C12H16O2S. The van der Waals surface area contributed by atoms with Gasteiger partial charge in [-0.2, -0.15) is 11.8 Å². The Morgan fingerprint density at radius 1 is 1.33 bits per heavy atom. The van der Waals surface area contributed by atoms with Crippen LogP contribution in [0.5, 0.6) is 0 Å². The Labute approximate surface area is 94.7 Å². The number of carboxylic acids is 1. The van der Waals surface area contributed by atoms with Crippen molar-refractivity contribution in [1.29, 1.82) is 0 Å². The second-order valence-corrected chi connectivity index (χ2v) is 5.00. The molecule has 1 aromatic carbocycles. The summed E-state index contributed by atoms with van der Waals surface area (Å²) in [6, 6.07) is 10.1. The molecule has 1 aromatic rings. The molecule has 0 aliphatic carbocycles. The maximum absolute atomic E-state index is 10.6. The first kappa shape index (κ1) is 12.1. The van der Waals surface area contributed by atoms with Crippen LogP contribution in [0.1, 0.15) is 24.7 Å². The van der Waals surface area contributed by atoms with Crippen LogP contribution in [-0.2, 0) is 4.79 Å². The molecule has 0 bridgehead atoms. The molecule has 0 saturated heterocycles. The first-order valence-electron chi connectivity index (χ1n) is 5.00. The van der Waals surface area contributed by atoms with E-state index in [-0.39, 0.29) is 5.92 Å². The van der Waals surface area contributed by atoms with Gasteiger partial charge >= 0.3 is 5.97 Å². The van der Waals surface area contributed by atoms with Crippen LogP contribution in [0.15, 0.2) is 30.3 Å². The van der Waals surface area contributed by atoms with Crippen molar-refractivity contribution in [2.45, 2.75) is 19.1 Å². The normalized spacial score (nSPS) is 14.5. The number of aliphatic carboxylic acids is 1. The van der Waals surface area contributed by atoms with Crippen LogP contribution in [0.4, 0.5) is 0 Å². The van der Waals surface area contributed by atoms with E-state index in [9.17, 15) is 4.79 Å². The highest BCUT2D eigenvalue weighted by Crippen LogP contribution is 2.29. The first-order chi connectivity index (χ1) is 7.11. The van der Waals surface area contributed by atoms with Crippen LogP contribution in [0, 0.1) is 5.92 Å². The van der Waals surface area contributed by atoms with Crippen LogP contribution < -0.4 is 0 Å². The number of thioether (sulfide) groups is 1. The Bertz CT molecular complexity index is 311. The number of benzene rings is 1. The standard InChI is InChI=1S/C12H16O2S/c1-9(12(13)14)8-15-10(2)11-6-4-3-5-7-11/h3-7,9-10H,8H2,1-2H3,(H,13,14). The summed E-state index contributed by atoms with van der Waals surface area (Å²) in [6.07, 6.45) is 0. The van der Waals surface area contributed by atoms with Crippen LogP contribution in [0.2, 0.25) is 0 Å². The number of hydrogen-bond acceptors (Lipinski definition) is 2. The second kappa shape index (κ2) is 5.81. The van der Waals surface area contributed by atoms with Crippen molar-refractivity contribution >= 4 is 17.7 Å². The zero-order chi connectivity index (χ0) is 11.3. The molecule has 0 aliphatic rings. The Hall–Kier alpha value is -0.960. The molecule has 82 valence electrons. The van der Waals surface area contributed by atoms with Crippen LogP contribution in [0.25, 0.3) is 0 Å². The largest absolute Gasteiger partial charge is 0.481 e. The summed E-state index contributed by atoms with van der Waals surface area (Å²) in [5, 5.41) is 9.11. The summed E-state index contributed by atoms with van der Waals surface area (Å²) in [4.78, 5) is 10.6. The predicted molar refractivity (Wildman–Crippen MR) is 64.1 cm³/mol. The quantitative estimate of drug-likeness (QED) is 0.834. The van der Waals surface area contributed by atoms with E-state index in [1.54, 1.807) is 18.7 Å². The SMILES string of the molecule is CC(CSC(C)c1ccccc1)C(=O)O. The molecule has 0 spiro atoms. The molecule has 0 radical (unpaired) electrons. The minimum absolute atomic E-state index is 0.277. The van der Waals surface area contributed by atoms with E-state index in [4.69, 9.17) is 5.11 Å². The highest BCUT2D eigenvalue weighted by molar-refractivity contribution is 7.99. The van der Waals surface area contributed by atoms with E-state index in [1.165, 1.54) is 5.56 Å². The van der Waals surface area contributed by atoms with E-state index in [0.29, 0.717) is 11.0 Å². The van der Waals surface area contributed by atoms with Crippen LogP contribution >= 0.6 is 11.8 Å². The van der Waals surface area contributed by atoms with Gasteiger partial charge in [-0.3, -0.25) is 4.79 Å². The van der Waals surface area contributed by atoms with Crippen molar-refractivity contribution < 1.29 is 9.90 Å². The van der Waals surface area contributed by atoms with Crippen molar-refractivity contribution in [2.75, 3.05) is 5.75 Å². The van der Waals surface area contributed by atoms with Crippen molar-refractivity contribution in [1.82, 2.24) is 0 Å². The number of rotatable bonds is 5. The van der Waals surface area contributed by atoms with Gasteiger partial charge in [0.25, 0.3) is 0 Å². The highest BCUT2D eigenvalue weighted by Gasteiger charge is 2.13. The van der Waals surface area contributed by atoms with Gasteiger partial charge in [0, 0.05) is 11.0 Å². The maximum atomic E-state index is 10.6. The molecule has 2 atom stereocenters. The molecule has 0 saturated carbocycles. The minimum atomic E-state index is -0.720. The van der Waals surface area contributed by atoms with Gasteiger partial charge in [0.1, 0.15) is 0 Å². The molecule has 0 heterocycles. The van der Waals surface area contributed by atoms with Gasteiger partial charge in [0.15, 0.2) is 0 Å². The molecule has 0 aromatic heterocycles. The van der Waals surface area contributed by atoms with Crippen molar-refractivity contribution in [3.8, 4) is 0 Å². The lowest BCUT2D eigenvalue weighted by molar-refractivity contribution is -0.140. The smallest absolute Gasteiger partial charge is 0.307 e. The molecule has 15 heavy (non-hydrogen) atoms. The number of hydrogen-bond donors (Lipinski definition) is 1. The van der Waals surface area contributed by atoms with Crippen molar-refractivity contribution in [3.05, 3.63) is 35.9 Å². The monoisotopic (exact) mass is 224 g/mol. The lowest BCUT2D eigenvalue weighted by atomic mass is 10.2. The van der Waals surface area contributed by atoms with Crippen molar-refractivity contribution in [3.63, 3.8) is 0 Å². The number of carboxylic acid groups (broad SMARTS) is 1. The van der Waals surface area contributed by atoms with Gasteiger partial charge in [-0.15, -0.1) is 0 Å². The Kier molecular flexibility index (Phi) is 4.69. The summed E-state index contributed by atoms with van der Waals surface area (Å²) < 4.78 is 0. The summed E-state index contributed by atoms with van der Waals surface area (Å²) in [5.74, 6) is -0.338. The minimum Gasteiger partial charge on any atom is -0.481 e.